The number of ether oxygens (including phenoxy) is 1. The van der Waals surface area contributed by atoms with E-state index in [-0.39, 0.29) is 6.04 Å². The number of aromatic nitrogens is 5. The molecule has 0 amide bonds. The Labute approximate surface area is 169 Å². The van der Waals surface area contributed by atoms with Gasteiger partial charge in [-0.3, -0.25) is 4.99 Å². The quantitative estimate of drug-likeness (QED) is 0.483. The van der Waals surface area contributed by atoms with Gasteiger partial charge in [0.15, 0.2) is 11.8 Å². The lowest BCUT2D eigenvalue weighted by atomic mass is 10.1. The minimum Gasteiger partial charge on any atom is -0.377 e. The van der Waals surface area contributed by atoms with Crippen LogP contribution in [0.4, 0.5) is 0 Å². The first-order valence-electron chi connectivity index (χ1n) is 9.73. The maximum absolute atomic E-state index is 5.14. The summed E-state index contributed by atoms with van der Waals surface area (Å²) < 4.78 is 8.98. The van der Waals surface area contributed by atoms with E-state index in [0.29, 0.717) is 13.2 Å². The monoisotopic (exact) mass is 394 g/mol. The van der Waals surface area contributed by atoms with Crippen molar-refractivity contribution in [1.29, 1.82) is 0 Å². The van der Waals surface area contributed by atoms with Crippen LogP contribution >= 0.6 is 0 Å². The van der Waals surface area contributed by atoms with E-state index >= 15 is 0 Å². The van der Waals surface area contributed by atoms with E-state index in [1.165, 1.54) is 0 Å². The molecule has 29 heavy (non-hydrogen) atoms. The van der Waals surface area contributed by atoms with E-state index in [1.807, 2.05) is 33.8 Å². The molecule has 9 nitrogen and oxygen atoms in total. The van der Waals surface area contributed by atoms with Gasteiger partial charge in [-0.2, -0.15) is 10.2 Å². The minimum absolute atomic E-state index is 0.243. The summed E-state index contributed by atoms with van der Waals surface area (Å²) in [5.74, 6) is 2.53. The van der Waals surface area contributed by atoms with Crippen LogP contribution in [0.15, 0.2) is 47.7 Å². The highest BCUT2D eigenvalue weighted by Crippen LogP contribution is 2.15. The van der Waals surface area contributed by atoms with Crippen molar-refractivity contribution in [2.45, 2.75) is 38.6 Å². The average molecular weight is 394 g/mol. The van der Waals surface area contributed by atoms with Gasteiger partial charge < -0.3 is 15.4 Å². The molecule has 0 saturated carbocycles. The van der Waals surface area contributed by atoms with Crippen LogP contribution in [-0.4, -0.2) is 50.7 Å². The average Bonchev–Trinajstić information content (AvgIpc) is 3.41. The molecule has 1 aromatic carbocycles. The molecule has 1 aliphatic heterocycles. The molecule has 1 unspecified atom stereocenters. The molecule has 2 N–H and O–H groups in total. The first-order chi connectivity index (χ1) is 14.3. The highest BCUT2D eigenvalue weighted by Gasteiger charge is 2.22. The molecule has 2 aromatic heterocycles. The third-order valence-electron chi connectivity index (χ3n) is 4.93. The Hall–Kier alpha value is -3.20. The molecular formula is C20H26N8O. The Morgan fingerprint density at radius 2 is 2.21 bits per heavy atom. The van der Waals surface area contributed by atoms with E-state index in [9.17, 15) is 0 Å². The summed E-state index contributed by atoms with van der Waals surface area (Å²) in [6.45, 7) is 1.85. The summed E-state index contributed by atoms with van der Waals surface area (Å²) in [5, 5.41) is 15.8. The van der Waals surface area contributed by atoms with E-state index in [0.717, 1.165) is 48.2 Å². The number of methoxy groups -OCH3 is 1. The van der Waals surface area contributed by atoms with E-state index < -0.39 is 0 Å². The Kier molecular flexibility index (Phi) is 5.85. The first-order valence-corrected chi connectivity index (χ1v) is 9.73. The lowest BCUT2D eigenvalue weighted by Gasteiger charge is -2.25. The SMILES string of the molecule is CN=C(NCc1ccccc1-n1cccn1)NC1CCc2nc(COC)nn2C1. The van der Waals surface area contributed by atoms with Crippen molar-refractivity contribution in [2.75, 3.05) is 14.2 Å². The maximum atomic E-state index is 5.14. The number of benzene rings is 1. The summed E-state index contributed by atoms with van der Waals surface area (Å²) in [5.41, 5.74) is 2.20. The minimum atomic E-state index is 0.243. The van der Waals surface area contributed by atoms with E-state index in [1.54, 1.807) is 20.4 Å². The molecule has 3 heterocycles. The lowest BCUT2D eigenvalue weighted by molar-refractivity contribution is 0.177. The Morgan fingerprint density at radius 1 is 1.31 bits per heavy atom. The van der Waals surface area contributed by atoms with Gasteiger partial charge in [-0.05, 0) is 24.1 Å². The standard InChI is InChI=1S/C20H26N8O/c1-21-20(22-12-15-6-3-4-7-17(15)27-11-5-10-23-27)24-16-8-9-19-25-18(14-29-2)26-28(19)13-16/h3-7,10-11,16H,8-9,12-14H2,1-2H3,(H2,21,22,24). The fourth-order valence-electron chi connectivity index (χ4n) is 3.53. The molecule has 152 valence electrons. The first kappa shape index (κ1) is 19.1. The van der Waals surface area contributed by atoms with Crippen molar-refractivity contribution in [3.05, 3.63) is 59.9 Å². The van der Waals surface area contributed by atoms with Gasteiger partial charge in [0.25, 0.3) is 0 Å². The smallest absolute Gasteiger partial charge is 0.191 e. The van der Waals surface area contributed by atoms with Crippen LogP contribution in [0.25, 0.3) is 5.69 Å². The third kappa shape index (κ3) is 4.45. The van der Waals surface area contributed by atoms with Gasteiger partial charge in [0.2, 0.25) is 0 Å². The van der Waals surface area contributed by atoms with Gasteiger partial charge in [0, 0.05) is 45.6 Å². The van der Waals surface area contributed by atoms with Gasteiger partial charge >= 0.3 is 0 Å². The topological polar surface area (TPSA) is 94.2 Å². The zero-order valence-corrected chi connectivity index (χ0v) is 16.7. The van der Waals surface area contributed by atoms with Gasteiger partial charge in [-0.1, -0.05) is 18.2 Å². The molecular weight excluding hydrogens is 368 g/mol. The Balaban J connectivity index is 1.37. The fraction of sp³-hybridized carbons (Fsp3) is 0.400. The van der Waals surface area contributed by atoms with Gasteiger partial charge in [-0.15, -0.1) is 0 Å². The van der Waals surface area contributed by atoms with E-state index in [2.05, 4.69) is 42.9 Å². The molecule has 1 aliphatic rings. The van der Waals surface area contributed by atoms with Crippen LogP contribution in [0.1, 0.15) is 23.6 Å². The predicted octanol–water partition coefficient (Wildman–Crippen LogP) is 1.29. The van der Waals surface area contributed by atoms with Gasteiger partial charge in [0.05, 0.1) is 12.2 Å². The molecule has 0 spiro atoms. The fourth-order valence-corrected chi connectivity index (χ4v) is 3.53. The summed E-state index contributed by atoms with van der Waals surface area (Å²) in [4.78, 5) is 8.92. The van der Waals surface area contributed by atoms with Crippen LogP contribution in [-0.2, 0) is 30.9 Å². The van der Waals surface area contributed by atoms with Crippen LogP contribution in [0.5, 0.6) is 0 Å². The second-order valence-electron chi connectivity index (χ2n) is 6.94. The van der Waals surface area contributed by atoms with Crippen molar-refractivity contribution in [1.82, 2.24) is 35.2 Å². The Bertz CT molecular complexity index is 963. The van der Waals surface area contributed by atoms with Gasteiger partial charge in [-0.25, -0.2) is 14.3 Å². The van der Waals surface area contributed by atoms with Crippen molar-refractivity contribution in [3.8, 4) is 5.69 Å². The Morgan fingerprint density at radius 3 is 3.00 bits per heavy atom. The second kappa shape index (κ2) is 8.87. The molecule has 9 heteroatoms. The summed E-state index contributed by atoms with van der Waals surface area (Å²) in [6.07, 6.45) is 5.59. The molecule has 3 aromatic rings. The second-order valence-corrected chi connectivity index (χ2v) is 6.94. The normalized spacial score (nSPS) is 16.5. The summed E-state index contributed by atoms with van der Waals surface area (Å²) in [7, 11) is 3.44. The van der Waals surface area contributed by atoms with Crippen LogP contribution in [0, 0.1) is 0 Å². The largest absolute Gasteiger partial charge is 0.377 e. The van der Waals surface area contributed by atoms with Crippen molar-refractivity contribution in [2.24, 2.45) is 4.99 Å². The zero-order valence-electron chi connectivity index (χ0n) is 16.7. The number of aryl methyl sites for hydroxylation is 1. The van der Waals surface area contributed by atoms with Crippen molar-refractivity contribution >= 4 is 5.96 Å². The highest BCUT2D eigenvalue weighted by atomic mass is 16.5. The third-order valence-corrected chi connectivity index (χ3v) is 4.93. The molecule has 0 radical (unpaired) electrons. The van der Waals surface area contributed by atoms with Crippen LogP contribution in [0.2, 0.25) is 0 Å². The number of rotatable bonds is 6. The number of para-hydroxylation sites is 1. The zero-order chi connectivity index (χ0) is 20.1. The number of aliphatic imine (C=N–C) groups is 1. The van der Waals surface area contributed by atoms with Crippen molar-refractivity contribution in [3.63, 3.8) is 0 Å². The van der Waals surface area contributed by atoms with Crippen molar-refractivity contribution < 1.29 is 4.74 Å². The number of nitrogens with one attached hydrogen (secondary N) is 2. The number of hydrogen-bond donors (Lipinski definition) is 2. The number of fused-ring (bicyclic) bond motifs is 1. The summed E-state index contributed by atoms with van der Waals surface area (Å²) in [6, 6.07) is 10.4. The van der Waals surface area contributed by atoms with Crippen LogP contribution in [0.3, 0.4) is 0 Å². The molecule has 0 bridgehead atoms. The van der Waals surface area contributed by atoms with Crippen LogP contribution < -0.4 is 10.6 Å². The maximum Gasteiger partial charge on any atom is 0.191 e. The molecule has 1 atom stereocenters. The summed E-state index contributed by atoms with van der Waals surface area (Å²) >= 11 is 0. The number of guanidine groups is 1. The highest BCUT2D eigenvalue weighted by molar-refractivity contribution is 5.80. The molecule has 4 rings (SSSR count). The lowest BCUT2D eigenvalue weighted by Crippen LogP contribution is -2.46. The van der Waals surface area contributed by atoms with Gasteiger partial charge in [0.1, 0.15) is 12.4 Å². The number of nitrogens with zero attached hydrogens (tertiary/aromatic N) is 6. The molecule has 0 aliphatic carbocycles. The van der Waals surface area contributed by atoms with E-state index in [4.69, 9.17) is 4.74 Å². The number of hydrogen-bond acceptors (Lipinski definition) is 5. The molecule has 0 saturated heterocycles. The molecule has 0 fully saturated rings. The predicted molar refractivity (Wildman–Crippen MR) is 110 cm³/mol.